The lowest BCUT2D eigenvalue weighted by atomic mass is 10.1. The third-order valence-corrected chi connectivity index (χ3v) is 6.58. The predicted octanol–water partition coefficient (Wildman–Crippen LogP) is 4.14. The lowest BCUT2D eigenvalue weighted by Gasteiger charge is -2.09. The number of hydrogen-bond donors (Lipinski definition) is 2. The first kappa shape index (κ1) is 21.4. The smallest absolute Gasteiger partial charge is 0.433 e. The molecular formula is C19H15F3N4O3S2. The van der Waals surface area contributed by atoms with Crippen molar-refractivity contribution in [2.75, 3.05) is 11.1 Å². The van der Waals surface area contributed by atoms with Crippen LogP contribution in [0.15, 0.2) is 34.0 Å². The topological polar surface area (TPSA) is 111 Å². The third-order valence-electron chi connectivity index (χ3n) is 4.52. The van der Waals surface area contributed by atoms with Crippen LogP contribution < -0.4 is 11.1 Å². The molecule has 3 aromatic heterocycles. The Bertz CT molecular complexity index is 1140. The second-order valence-corrected chi connectivity index (χ2v) is 8.71. The first-order valence-electron chi connectivity index (χ1n) is 9.09. The summed E-state index contributed by atoms with van der Waals surface area (Å²) in [5.41, 5.74) is 5.47. The van der Waals surface area contributed by atoms with Gasteiger partial charge in [0.05, 0.1) is 17.6 Å². The largest absolute Gasteiger partial charge is 0.463 e. The lowest BCUT2D eigenvalue weighted by Crippen LogP contribution is -2.19. The summed E-state index contributed by atoms with van der Waals surface area (Å²) < 4.78 is 44.8. The Morgan fingerprint density at radius 2 is 2.10 bits per heavy atom. The predicted molar refractivity (Wildman–Crippen MR) is 109 cm³/mol. The molecule has 12 heteroatoms. The Hall–Kier alpha value is -2.86. The molecule has 3 heterocycles. The number of thiophene rings is 1. The zero-order valence-corrected chi connectivity index (χ0v) is 17.4. The van der Waals surface area contributed by atoms with Crippen LogP contribution in [-0.4, -0.2) is 27.5 Å². The van der Waals surface area contributed by atoms with Crippen molar-refractivity contribution in [3.8, 4) is 11.5 Å². The number of carbonyl (C=O) groups excluding carboxylic acids is 2. The summed E-state index contributed by atoms with van der Waals surface area (Å²) in [5.74, 6) is -1.22. The summed E-state index contributed by atoms with van der Waals surface area (Å²) in [6.07, 6.45) is -0.896. The van der Waals surface area contributed by atoms with Crippen LogP contribution in [-0.2, 0) is 23.8 Å². The number of alkyl halides is 3. The van der Waals surface area contributed by atoms with E-state index in [1.54, 1.807) is 0 Å². The minimum Gasteiger partial charge on any atom is -0.463 e. The molecule has 0 aliphatic heterocycles. The maximum absolute atomic E-state index is 13.2. The number of hydrogen-bond acceptors (Lipinski definition) is 7. The van der Waals surface area contributed by atoms with Gasteiger partial charge in [0, 0.05) is 4.88 Å². The second-order valence-electron chi connectivity index (χ2n) is 6.66. The van der Waals surface area contributed by atoms with E-state index in [4.69, 9.17) is 10.2 Å². The fourth-order valence-corrected chi connectivity index (χ4v) is 5.20. The van der Waals surface area contributed by atoms with Gasteiger partial charge in [-0.05, 0) is 43.0 Å². The molecule has 3 N–H and O–H groups in total. The summed E-state index contributed by atoms with van der Waals surface area (Å²) in [6, 6.07) is 3.79. The monoisotopic (exact) mass is 468 g/mol. The van der Waals surface area contributed by atoms with Crippen LogP contribution in [0.4, 0.5) is 18.2 Å². The number of halogens is 3. The standard InChI is InChI=1S/C19H15F3N4O3S2/c20-19(21,22)13-7-10(11-4-2-6-29-11)24-18(25-13)30-8-14(27)26-17-15(16(23)28)9-3-1-5-12(9)31-17/h2,4,6-7H,1,3,5,8H2,(H2,23,28)(H,26,27). The van der Waals surface area contributed by atoms with Gasteiger partial charge in [-0.15, -0.1) is 11.3 Å². The zero-order chi connectivity index (χ0) is 22.2. The second kappa shape index (κ2) is 8.35. The fraction of sp³-hybridized carbons (Fsp3) is 0.263. The minimum absolute atomic E-state index is 0.0408. The molecule has 0 saturated carbocycles. The molecule has 4 rings (SSSR count). The molecule has 0 saturated heterocycles. The number of nitrogens with zero attached hydrogens (tertiary/aromatic N) is 2. The van der Waals surface area contributed by atoms with E-state index in [0.29, 0.717) is 10.6 Å². The van der Waals surface area contributed by atoms with Crippen LogP contribution >= 0.6 is 23.1 Å². The maximum atomic E-state index is 13.2. The summed E-state index contributed by atoms with van der Waals surface area (Å²) in [7, 11) is 0. The number of furan rings is 1. The number of rotatable bonds is 6. The van der Waals surface area contributed by atoms with Crippen molar-refractivity contribution >= 4 is 39.9 Å². The third kappa shape index (κ3) is 4.59. The molecule has 0 spiro atoms. The molecule has 0 aromatic carbocycles. The van der Waals surface area contributed by atoms with E-state index >= 15 is 0 Å². The first-order chi connectivity index (χ1) is 14.7. The summed E-state index contributed by atoms with van der Waals surface area (Å²) in [5, 5.41) is 2.78. The highest BCUT2D eigenvalue weighted by Crippen LogP contribution is 2.39. The number of nitrogens with one attached hydrogen (secondary N) is 1. The molecule has 3 aromatic rings. The van der Waals surface area contributed by atoms with Gasteiger partial charge in [0.15, 0.2) is 10.9 Å². The number of amides is 2. The molecule has 1 aliphatic rings. The van der Waals surface area contributed by atoms with Crippen LogP contribution in [0, 0.1) is 0 Å². The molecule has 2 amide bonds. The van der Waals surface area contributed by atoms with Crippen molar-refractivity contribution in [1.29, 1.82) is 0 Å². The van der Waals surface area contributed by atoms with Crippen LogP contribution in [0.25, 0.3) is 11.5 Å². The number of thioether (sulfide) groups is 1. The Labute approximate surface area is 182 Å². The van der Waals surface area contributed by atoms with Crippen LogP contribution in [0.3, 0.4) is 0 Å². The van der Waals surface area contributed by atoms with Crippen molar-refractivity contribution in [3.05, 3.63) is 46.2 Å². The van der Waals surface area contributed by atoms with Crippen molar-refractivity contribution in [2.24, 2.45) is 5.73 Å². The maximum Gasteiger partial charge on any atom is 0.433 e. The highest BCUT2D eigenvalue weighted by Gasteiger charge is 2.34. The summed E-state index contributed by atoms with van der Waals surface area (Å²) >= 11 is 2.05. The molecule has 162 valence electrons. The molecule has 1 aliphatic carbocycles. The van der Waals surface area contributed by atoms with Crippen LogP contribution in [0.5, 0.6) is 0 Å². The molecule has 0 bridgehead atoms. The summed E-state index contributed by atoms with van der Waals surface area (Å²) in [6.45, 7) is 0. The van der Waals surface area contributed by atoms with E-state index in [2.05, 4.69) is 15.3 Å². The quantitative estimate of drug-likeness (QED) is 0.416. The van der Waals surface area contributed by atoms with Crippen LogP contribution in [0.1, 0.15) is 32.9 Å². The van der Waals surface area contributed by atoms with E-state index in [1.165, 1.54) is 29.7 Å². The van der Waals surface area contributed by atoms with Crippen molar-refractivity contribution < 1.29 is 27.2 Å². The van der Waals surface area contributed by atoms with E-state index < -0.39 is 23.7 Å². The van der Waals surface area contributed by atoms with Gasteiger partial charge in [-0.2, -0.15) is 13.2 Å². The first-order valence-corrected chi connectivity index (χ1v) is 10.9. The highest BCUT2D eigenvalue weighted by atomic mass is 32.2. The normalized spacial score (nSPS) is 13.3. The number of carbonyl (C=O) groups is 2. The average molecular weight is 468 g/mol. The Morgan fingerprint density at radius 1 is 1.29 bits per heavy atom. The van der Waals surface area contributed by atoms with Gasteiger partial charge in [0.2, 0.25) is 5.91 Å². The molecule has 31 heavy (non-hydrogen) atoms. The molecular weight excluding hydrogens is 453 g/mol. The van der Waals surface area contributed by atoms with E-state index in [-0.39, 0.29) is 22.4 Å². The number of primary amides is 1. The van der Waals surface area contributed by atoms with Crippen molar-refractivity contribution in [3.63, 3.8) is 0 Å². The van der Waals surface area contributed by atoms with Gasteiger partial charge in [-0.25, -0.2) is 9.97 Å². The SMILES string of the molecule is NC(=O)c1c(NC(=O)CSc2nc(-c3ccco3)cc(C(F)(F)F)n2)sc2c1CCC2. The van der Waals surface area contributed by atoms with Gasteiger partial charge in [0.25, 0.3) is 5.91 Å². The summed E-state index contributed by atoms with van der Waals surface area (Å²) in [4.78, 5) is 32.8. The molecule has 7 nitrogen and oxygen atoms in total. The van der Waals surface area contributed by atoms with E-state index in [1.807, 2.05) is 0 Å². The highest BCUT2D eigenvalue weighted by molar-refractivity contribution is 7.99. The Balaban J connectivity index is 1.51. The number of nitrogens with two attached hydrogens (primary N) is 1. The van der Waals surface area contributed by atoms with Crippen molar-refractivity contribution in [2.45, 2.75) is 30.6 Å². The van der Waals surface area contributed by atoms with Crippen LogP contribution in [0.2, 0.25) is 0 Å². The Kier molecular flexibility index (Phi) is 5.75. The lowest BCUT2D eigenvalue weighted by molar-refractivity contribution is -0.141. The van der Waals surface area contributed by atoms with E-state index in [0.717, 1.165) is 47.5 Å². The van der Waals surface area contributed by atoms with Gasteiger partial charge in [0.1, 0.15) is 16.4 Å². The minimum atomic E-state index is -4.68. The zero-order valence-electron chi connectivity index (χ0n) is 15.8. The van der Waals surface area contributed by atoms with Crippen molar-refractivity contribution in [1.82, 2.24) is 9.97 Å². The van der Waals surface area contributed by atoms with Gasteiger partial charge in [-0.1, -0.05) is 11.8 Å². The van der Waals surface area contributed by atoms with Gasteiger partial charge >= 0.3 is 6.18 Å². The number of anilines is 1. The number of aryl methyl sites for hydroxylation is 1. The molecule has 0 atom stereocenters. The molecule has 0 unspecified atom stereocenters. The number of aromatic nitrogens is 2. The average Bonchev–Trinajstić information content (AvgIpc) is 3.42. The van der Waals surface area contributed by atoms with Gasteiger partial charge < -0.3 is 15.5 Å². The number of fused-ring (bicyclic) bond motifs is 1. The van der Waals surface area contributed by atoms with E-state index in [9.17, 15) is 22.8 Å². The molecule has 0 fully saturated rings. The van der Waals surface area contributed by atoms with Gasteiger partial charge in [-0.3, -0.25) is 9.59 Å². The molecule has 0 radical (unpaired) electrons. The fourth-order valence-electron chi connectivity index (χ4n) is 3.23. The Morgan fingerprint density at radius 3 is 2.77 bits per heavy atom.